The normalized spacial score (nSPS) is 11.5. The van der Waals surface area contributed by atoms with Gasteiger partial charge in [-0.05, 0) is 29.7 Å². The smallest absolute Gasteiger partial charge is 0.303 e. The summed E-state index contributed by atoms with van der Waals surface area (Å²) in [5.74, 6) is -2.10. The number of benzene rings is 2. The van der Waals surface area contributed by atoms with Gasteiger partial charge in [0.05, 0.1) is 5.75 Å². The first-order valence-corrected chi connectivity index (χ1v) is 9.14. The first kappa shape index (κ1) is 17.1. The third kappa shape index (κ3) is 5.17. The lowest BCUT2D eigenvalue weighted by Crippen LogP contribution is -2.19. The third-order valence-electron chi connectivity index (χ3n) is 3.52. The molecule has 0 fully saturated rings. The Kier molecular flexibility index (Phi) is 5.50. The highest BCUT2D eigenvalue weighted by Crippen LogP contribution is 2.16. The van der Waals surface area contributed by atoms with E-state index < -0.39 is 27.3 Å². The Bertz CT molecular complexity index is 824. The molecule has 23 heavy (non-hydrogen) atoms. The number of rotatable bonds is 8. The van der Waals surface area contributed by atoms with Gasteiger partial charge >= 0.3 is 5.97 Å². The Balaban J connectivity index is 2.00. The summed E-state index contributed by atoms with van der Waals surface area (Å²) in [5, 5.41) is 10.4. The molecule has 2 aromatic rings. The van der Waals surface area contributed by atoms with Gasteiger partial charge in [-0.15, -0.1) is 0 Å². The molecule has 0 aromatic heterocycles. The predicted octanol–water partition coefficient (Wildman–Crippen LogP) is 2.69. The highest BCUT2D eigenvalue weighted by molar-refractivity contribution is 7.92. The fraction of sp³-hybridized carbons (Fsp3) is 0.294. The second-order valence-electron chi connectivity index (χ2n) is 5.43. The molecule has 0 unspecified atom stereocenters. The average Bonchev–Trinajstić information content (AvgIpc) is 2.50. The molecule has 0 aliphatic heterocycles. The molecule has 0 amide bonds. The van der Waals surface area contributed by atoms with E-state index in [1.807, 2.05) is 24.3 Å². The second kappa shape index (κ2) is 7.37. The largest absolute Gasteiger partial charge is 0.481 e. The van der Waals surface area contributed by atoms with Gasteiger partial charge in [0.1, 0.15) is 5.75 Å². The Hall–Kier alpha value is -2.21. The van der Waals surface area contributed by atoms with E-state index in [1.165, 1.54) is 0 Å². The molecule has 0 saturated heterocycles. The van der Waals surface area contributed by atoms with Gasteiger partial charge in [0.25, 0.3) is 0 Å². The summed E-state index contributed by atoms with van der Waals surface area (Å²) in [5.41, 5.74) is 0.373. The first-order chi connectivity index (χ1) is 10.9. The quantitative estimate of drug-likeness (QED) is 0.592. The van der Waals surface area contributed by atoms with Crippen LogP contribution in [0.15, 0.2) is 42.5 Å². The zero-order valence-electron chi connectivity index (χ0n) is 12.6. The van der Waals surface area contributed by atoms with Crippen molar-refractivity contribution in [3.8, 4) is 0 Å². The number of aliphatic carboxylic acids is 1. The number of ketones is 1. The van der Waals surface area contributed by atoms with Crippen molar-refractivity contribution >= 4 is 32.4 Å². The van der Waals surface area contributed by atoms with E-state index in [-0.39, 0.29) is 18.6 Å². The lowest BCUT2D eigenvalue weighted by atomic mass is 10.1. The van der Waals surface area contributed by atoms with Crippen LogP contribution in [0.5, 0.6) is 0 Å². The monoisotopic (exact) mass is 334 g/mol. The summed E-state index contributed by atoms with van der Waals surface area (Å²) in [6, 6.07) is 12.7. The molecule has 5 nitrogen and oxygen atoms in total. The van der Waals surface area contributed by atoms with Crippen LogP contribution in [-0.4, -0.2) is 36.8 Å². The van der Waals surface area contributed by atoms with Crippen molar-refractivity contribution in [2.24, 2.45) is 0 Å². The van der Waals surface area contributed by atoms with Crippen molar-refractivity contribution in [3.05, 3.63) is 48.0 Å². The first-order valence-electron chi connectivity index (χ1n) is 7.32. The Morgan fingerprint density at radius 2 is 1.65 bits per heavy atom. The zero-order chi connectivity index (χ0) is 16.9. The van der Waals surface area contributed by atoms with Gasteiger partial charge in [0.2, 0.25) is 0 Å². The van der Waals surface area contributed by atoms with Gasteiger partial charge in [-0.1, -0.05) is 36.4 Å². The summed E-state index contributed by atoms with van der Waals surface area (Å²) >= 11 is 0. The molecule has 1 N–H and O–H groups in total. The van der Waals surface area contributed by atoms with E-state index in [4.69, 9.17) is 5.11 Å². The van der Waals surface area contributed by atoms with Crippen molar-refractivity contribution < 1.29 is 23.1 Å². The molecular formula is C17H18O5S. The predicted molar refractivity (Wildman–Crippen MR) is 88.4 cm³/mol. The van der Waals surface area contributed by atoms with Gasteiger partial charge in [-0.25, -0.2) is 8.42 Å². The SMILES string of the molecule is O=C(O)CCCCS(=O)(=O)CC(=O)c1ccc2ccccc2c1. The van der Waals surface area contributed by atoms with Crippen molar-refractivity contribution in [1.29, 1.82) is 0 Å². The van der Waals surface area contributed by atoms with Crippen LogP contribution in [0.25, 0.3) is 10.8 Å². The maximum atomic E-state index is 12.2. The molecule has 0 heterocycles. The van der Waals surface area contributed by atoms with Crippen LogP contribution < -0.4 is 0 Å². The lowest BCUT2D eigenvalue weighted by molar-refractivity contribution is -0.137. The van der Waals surface area contributed by atoms with Gasteiger partial charge in [0.15, 0.2) is 15.6 Å². The van der Waals surface area contributed by atoms with Gasteiger partial charge in [0, 0.05) is 12.0 Å². The number of carboxylic acid groups (broad SMARTS) is 1. The maximum absolute atomic E-state index is 12.2. The summed E-state index contributed by atoms with van der Waals surface area (Å²) in [6.07, 6.45) is 0.479. The van der Waals surface area contributed by atoms with Crippen LogP contribution >= 0.6 is 0 Å². The minimum absolute atomic E-state index is 0.0614. The Morgan fingerprint density at radius 1 is 0.957 bits per heavy atom. The molecule has 0 aliphatic carbocycles. The van der Waals surface area contributed by atoms with Gasteiger partial charge in [-0.3, -0.25) is 9.59 Å². The number of hydrogen-bond donors (Lipinski definition) is 1. The second-order valence-corrected chi connectivity index (χ2v) is 7.61. The fourth-order valence-electron chi connectivity index (χ4n) is 2.32. The minimum Gasteiger partial charge on any atom is -0.481 e. The Morgan fingerprint density at radius 3 is 2.35 bits per heavy atom. The number of sulfone groups is 1. The molecular weight excluding hydrogens is 316 g/mol. The van der Waals surface area contributed by atoms with Crippen molar-refractivity contribution in [1.82, 2.24) is 0 Å². The van der Waals surface area contributed by atoms with Gasteiger partial charge in [-0.2, -0.15) is 0 Å². The molecule has 0 saturated carbocycles. The van der Waals surface area contributed by atoms with E-state index in [0.29, 0.717) is 12.0 Å². The number of fused-ring (bicyclic) bond motifs is 1. The molecule has 2 rings (SSSR count). The van der Waals surface area contributed by atoms with Crippen molar-refractivity contribution in [2.75, 3.05) is 11.5 Å². The van der Waals surface area contributed by atoms with Crippen LogP contribution in [0.3, 0.4) is 0 Å². The number of carboxylic acids is 1. The highest BCUT2D eigenvalue weighted by Gasteiger charge is 2.18. The molecule has 0 radical (unpaired) electrons. The van der Waals surface area contributed by atoms with Crippen LogP contribution in [0, 0.1) is 0 Å². The fourth-order valence-corrected chi connectivity index (χ4v) is 3.67. The van der Waals surface area contributed by atoms with Crippen LogP contribution in [0.1, 0.15) is 29.6 Å². The standard InChI is InChI=1S/C17H18O5S/c18-16(12-23(21,22)10-4-3-7-17(19)20)15-9-8-13-5-1-2-6-14(13)11-15/h1-2,5-6,8-9,11H,3-4,7,10,12H2,(H,19,20). The van der Waals surface area contributed by atoms with E-state index in [2.05, 4.69) is 0 Å². The molecule has 0 aliphatic rings. The summed E-state index contributed by atoms with van der Waals surface area (Å²) < 4.78 is 23.9. The van der Waals surface area contributed by atoms with Gasteiger partial charge < -0.3 is 5.11 Å². The number of carbonyl (C=O) groups is 2. The molecule has 0 spiro atoms. The van der Waals surface area contributed by atoms with E-state index >= 15 is 0 Å². The molecule has 6 heteroatoms. The van der Waals surface area contributed by atoms with E-state index in [0.717, 1.165) is 10.8 Å². The van der Waals surface area contributed by atoms with Crippen molar-refractivity contribution in [2.45, 2.75) is 19.3 Å². The van der Waals surface area contributed by atoms with Crippen LogP contribution in [-0.2, 0) is 14.6 Å². The zero-order valence-corrected chi connectivity index (χ0v) is 13.4. The summed E-state index contributed by atoms with van der Waals surface area (Å²) in [7, 11) is -3.52. The molecule has 0 bridgehead atoms. The number of hydrogen-bond acceptors (Lipinski definition) is 4. The number of unbranched alkanes of at least 4 members (excludes halogenated alkanes) is 1. The lowest BCUT2D eigenvalue weighted by Gasteiger charge is -2.05. The summed E-state index contributed by atoms with van der Waals surface area (Å²) in [4.78, 5) is 22.6. The van der Waals surface area contributed by atoms with E-state index in [9.17, 15) is 18.0 Å². The molecule has 0 atom stereocenters. The number of carbonyl (C=O) groups excluding carboxylic acids is 1. The average molecular weight is 334 g/mol. The van der Waals surface area contributed by atoms with Crippen LogP contribution in [0.4, 0.5) is 0 Å². The van der Waals surface area contributed by atoms with E-state index in [1.54, 1.807) is 18.2 Å². The third-order valence-corrected chi connectivity index (χ3v) is 5.13. The Labute approximate surface area is 134 Å². The highest BCUT2D eigenvalue weighted by atomic mass is 32.2. The molecule has 122 valence electrons. The number of Topliss-reactive ketones (excluding diaryl/α,β-unsaturated/α-hetero) is 1. The minimum atomic E-state index is -3.52. The molecule has 2 aromatic carbocycles. The van der Waals surface area contributed by atoms with Crippen LogP contribution in [0.2, 0.25) is 0 Å². The maximum Gasteiger partial charge on any atom is 0.303 e. The van der Waals surface area contributed by atoms with Crippen molar-refractivity contribution in [3.63, 3.8) is 0 Å². The topological polar surface area (TPSA) is 88.5 Å². The summed E-state index contributed by atoms with van der Waals surface area (Å²) in [6.45, 7) is 0.